The van der Waals surface area contributed by atoms with Gasteiger partial charge in [-0.2, -0.15) is 0 Å². The molecule has 0 saturated carbocycles. The molecule has 186 valence electrons. The van der Waals surface area contributed by atoms with Crippen molar-refractivity contribution in [3.05, 3.63) is 163 Å². The van der Waals surface area contributed by atoms with E-state index in [2.05, 4.69) is 144 Å². The predicted molar refractivity (Wildman–Crippen MR) is 165 cm³/mol. The van der Waals surface area contributed by atoms with E-state index in [4.69, 9.17) is 0 Å². The molecule has 0 unspecified atom stereocenters. The number of nitrogens with one attached hydrogen (secondary N) is 1. The number of hydrogen-bond donors (Lipinski definition) is 1. The zero-order chi connectivity index (χ0) is 26.0. The van der Waals surface area contributed by atoms with Gasteiger partial charge in [-0.25, -0.2) is 0 Å². The molecule has 0 radical (unpaired) electrons. The van der Waals surface area contributed by atoms with Crippen molar-refractivity contribution in [1.82, 2.24) is 0 Å². The topological polar surface area (TPSA) is 15.3 Å². The Hall–Kier alpha value is -5.08. The van der Waals surface area contributed by atoms with Crippen LogP contribution in [0.3, 0.4) is 0 Å². The molecule has 0 spiro atoms. The van der Waals surface area contributed by atoms with Crippen LogP contribution in [-0.2, 0) is 6.42 Å². The molecule has 0 amide bonds. The number of hydrogen-bond acceptors (Lipinski definition) is 2. The SMILES string of the molecule is c1ccc(Nc2ccc(N(c3ccc(-c4ccccc4)cc3)c3ccc4c(c3)Cc3ccccc3-4)cc2)cc1. The Labute approximate surface area is 229 Å². The lowest BCUT2D eigenvalue weighted by Gasteiger charge is -2.26. The molecule has 0 bridgehead atoms. The summed E-state index contributed by atoms with van der Waals surface area (Å²) < 4.78 is 0. The molecule has 6 aromatic carbocycles. The first-order valence-corrected chi connectivity index (χ1v) is 13.4. The van der Waals surface area contributed by atoms with E-state index in [1.807, 2.05) is 18.2 Å². The second-order valence-corrected chi connectivity index (χ2v) is 9.96. The molecule has 0 aromatic heterocycles. The summed E-state index contributed by atoms with van der Waals surface area (Å²) >= 11 is 0. The number of benzene rings is 6. The average Bonchev–Trinajstić information content (AvgIpc) is 3.37. The molecule has 1 N–H and O–H groups in total. The third kappa shape index (κ3) is 4.58. The first kappa shape index (κ1) is 23.1. The fourth-order valence-electron chi connectivity index (χ4n) is 5.53. The summed E-state index contributed by atoms with van der Waals surface area (Å²) in [5, 5.41) is 3.50. The van der Waals surface area contributed by atoms with Crippen molar-refractivity contribution >= 4 is 28.4 Å². The van der Waals surface area contributed by atoms with Crippen molar-refractivity contribution in [2.75, 3.05) is 10.2 Å². The zero-order valence-corrected chi connectivity index (χ0v) is 21.6. The van der Waals surface area contributed by atoms with E-state index in [1.54, 1.807) is 0 Å². The van der Waals surface area contributed by atoms with Gasteiger partial charge in [0.05, 0.1) is 0 Å². The van der Waals surface area contributed by atoms with Crippen LogP contribution in [0, 0.1) is 0 Å². The molecule has 0 aliphatic heterocycles. The van der Waals surface area contributed by atoms with E-state index in [0.717, 1.165) is 34.9 Å². The Morgan fingerprint density at radius 1 is 0.410 bits per heavy atom. The molecular formula is C37H28N2. The van der Waals surface area contributed by atoms with Crippen molar-refractivity contribution in [2.24, 2.45) is 0 Å². The Morgan fingerprint density at radius 3 is 1.69 bits per heavy atom. The van der Waals surface area contributed by atoms with Crippen molar-refractivity contribution in [3.8, 4) is 22.3 Å². The maximum absolute atomic E-state index is 3.50. The Kier molecular flexibility index (Phi) is 5.91. The Balaban J connectivity index is 1.27. The van der Waals surface area contributed by atoms with Crippen molar-refractivity contribution < 1.29 is 0 Å². The highest BCUT2D eigenvalue weighted by atomic mass is 15.1. The minimum atomic E-state index is 0.972. The highest BCUT2D eigenvalue weighted by molar-refractivity contribution is 5.84. The molecule has 7 rings (SSSR count). The molecular weight excluding hydrogens is 472 g/mol. The minimum Gasteiger partial charge on any atom is -0.356 e. The van der Waals surface area contributed by atoms with Gasteiger partial charge < -0.3 is 10.2 Å². The number of para-hydroxylation sites is 1. The highest BCUT2D eigenvalue weighted by Crippen LogP contribution is 2.42. The summed E-state index contributed by atoms with van der Waals surface area (Å²) in [6.45, 7) is 0. The molecule has 1 aliphatic rings. The molecule has 0 saturated heterocycles. The maximum Gasteiger partial charge on any atom is 0.0464 e. The van der Waals surface area contributed by atoms with Crippen LogP contribution in [0.25, 0.3) is 22.3 Å². The molecule has 2 heteroatoms. The van der Waals surface area contributed by atoms with Gasteiger partial charge in [0.1, 0.15) is 0 Å². The third-order valence-electron chi connectivity index (χ3n) is 7.46. The van der Waals surface area contributed by atoms with Gasteiger partial charge in [-0.05, 0) is 100 Å². The van der Waals surface area contributed by atoms with Gasteiger partial charge in [0.2, 0.25) is 0 Å². The van der Waals surface area contributed by atoms with E-state index in [1.165, 1.54) is 33.4 Å². The molecule has 1 aliphatic carbocycles. The quantitative estimate of drug-likeness (QED) is 0.244. The first-order chi connectivity index (χ1) is 19.3. The van der Waals surface area contributed by atoms with Crippen LogP contribution in [0.4, 0.5) is 28.4 Å². The second kappa shape index (κ2) is 10.00. The molecule has 0 fully saturated rings. The van der Waals surface area contributed by atoms with Crippen molar-refractivity contribution in [2.45, 2.75) is 6.42 Å². The molecule has 0 heterocycles. The molecule has 39 heavy (non-hydrogen) atoms. The smallest absolute Gasteiger partial charge is 0.0464 e. The lowest BCUT2D eigenvalue weighted by atomic mass is 10.0. The lowest BCUT2D eigenvalue weighted by molar-refractivity contribution is 1.23. The van der Waals surface area contributed by atoms with Crippen LogP contribution in [0.15, 0.2) is 152 Å². The van der Waals surface area contributed by atoms with Gasteiger partial charge in [-0.1, -0.05) is 91.0 Å². The van der Waals surface area contributed by atoms with E-state index in [9.17, 15) is 0 Å². The van der Waals surface area contributed by atoms with Gasteiger partial charge in [-0.15, -0.1) is 0 Å². The summed E-state index contributed by atoms with van der Waals surface area (Å²) in [6.07, 6.45) is 0.972. The average molecular weight is 501 g/mol. The van der Waals surface area contributed by atoms with E-state index >= 15 is 0 Å². The van der Waals surface area contributed by atoms with Crippen LogP contribution in [-0.4, -0.2) is 0 Å². The minimum absolute atomic E-state index is 0.972. The summed E-state index contributed by atoms with van der Waals surface area (Å²) in [4.78, 5) is 2.35. The summed E-state index contributed by atoms with van der Waals surface area (Å²) in [6, 6.07) is 54.0. The fourth-order valence-corrected chi connectivity index (χ4v) is 5.53. The van der Waals surface area contributed by atoms with Crippen LogP contribution in [0.5, 0.6) is 0 Å². The highest BCUT2D eigenvalue weighted by Gasteiger charge is 2.20. The first-order valence-electron chi connectivity index (χ1n) is 13.4. The van der Waals surface area contributed by atoms with Gasteiger partial charge in [0.25, 0.3) is 0 Å². The molecule has 0 atom stereocenters. The Morgan fingerprint density at radius 2 is 0.949 bits per heavy atom. The van der Waals surface area contributed by atoms with Gasteiger partial charge in [-0.3, -0.25) is 0 Å². The van der Waals surface area contributed by atoms with Crippen LogP contribution in [0.1, 0.15) is 11.1 Å². The summed E-state index contributed by atoms with van der Waals surface area (Å²) in [5.41, 5.74) is 13.5. The van der Waals surface area contributed by atoms with E-state index in [-0.39, 0.29) is 0 Å². The summed E-state index contributed by atoms with van der Waals surface area (Å²) in [7, 11) is 0. The third-order valence-corrected chi connectivity index (χ3v) is 7.46. The Bertz CT molecular complexity index is 1720. The largest absolute Gasteiger partial charge is 0.356 e. The predicted octanol–water partition coefficient (Wildman–Crippen LogP) is 10.1. The second-order valence-electron chi connectivity index (χ2n) is 9.96. The molecule has 6 aromatic rings. The van der Waals surface area contributed by atoms with Crippen molar-refractivity contribution in [1.29, 1.82) is 0 Å². The fraction of sp³-hybridized carbons (Fsp3) is 0.0270. The lowest BCUT2D eigenvalue weighted by Crippen LogP contribution is -2.10. The van der Waals surface area contributed by atoms with Crippen molar-refractivity contribution in [3.63, 3.8) is 0 Å². The molecule has 2 nitrogen and oxygen atoms in total. The number of fused-ring (bicyclic) bond motifs is 3. The van der Waals surface area contributed by atoms with Gasteiger partial charge >= 0.3 is 0 Å². The monoisotopic (exact) mass is 500 g/mol. The maximum atomic E-state index is 3.50. The number of anilines is 5. The summed E-state index contributed by atoms with van der Waals surface area (Å²) in [5.74, 6) is 0. The standard InChI is InChI=1S/C37H28N2/c1-3-9-27(10-4-1)28-15-19-33(20-16-28)39(34-21-17-32(18-22-34)38-31-12-5-2-6-13-31)35-23-24-37-30(26-35)25-29-11-7-8-14-36(29)37/h1-24,26,38H,25H2. The van der Waals surface area contributed by atoms with E-state index < -0.39 is 0 Å². The normalized spacial score (nSPS) is 11.5. The van der Waals surface area contributed by atoms with Crippen LogP contribution in [0.2, 0.25) is 0 Å². The number of nitrogens with zero attached hydrogens (tertiary/aromatic N) is 1. The number of rotatable bonds is 6. The van der Waals surface area contributed by atoms with Gasteiger partial charge in [0, 0.05) is 28.4 Å². The van der Waals surface area contributed by atoms with Crippen LogP contribution >= 0.6 is 0 Å². The van der Waals surface area contributed by atoms with E-state index in [0.29, 0.717) is 0 Å². The van der Waals surface area contributed by atoms with Crippen LogP contribution < -0.4 is 10.2 Å². The van der Waals surface area contributed by atoms with Gasteiger partial charge in [0.15, 0.2) is 0 Å². The zero-order valence-electron chi connectivity index (χ0n) is 21.6.